The monoisotopic (exact) mass is 164 g/mol. The number of rotatable bonds is 3. The Balaban J connectivity index is 4.24. The average Bonchev–Trinajstić information content (AvgIpc) is 1.86. The number of ketones is 1. The van der Waals surface area contributed by atoms with Gasteiger partial charge in [-0.05, 0) is 19.9 Å². The number of allylic oxidation sites excluding steroid dienone is 1. The lowest BCUT2D eigenvalue weighted by Gasteiger charge is -2.15. The van der Waals surface area contributed by atoms with Gasteiger partial charge in [-0.15, -0.1) is 11.6 Å². The Morgan fingerprint density at radius 3 is 2.50 bits per heavy atom. The van der Waals surface area contributed by atoms with E-state index in [0.717, 1.165) is 0 Å². The fourth-order valence-corrected chi connectivity index (χ4v) is 0.767. The highest BCUT2D eigenvalue weighted by Crippen LogP contribution is 2.18. The molecule has 10 heavy (non-hydrogen) atoms. The van der Waals surface area contributed by atoms with Gasteiger partial charge in [-0.2, -0.15) is 0 Å². The van der Waals surface area contributed by atoms with Crippen LogP contribution in [0.3, 0.4) is 0 Å². The summed E-state index contributed by atoms with van der Waals surface area (Å²) in [5.41, 5.74) is -0.767. The second-order valence-corrected chi connectivity index (χ2v) is 2.84. The third kappa shape index (κ3) is 2.48. The molecule has 0 aromatic heterocycles. The van der Waals surface area contributed by atoms with Crippen LogP contribution in [0, 0.1) is 5.41 Å². The zero-order valence-corrected chi connectivity index (χ0v) is 6.78. The summed E-state index contributed by atoms with van der Waals surface area (Å²) in [6.45, 7) is 3.24. The molecule has 0 atom stereocenters. The van der Waals surface area contributed by atoms with Crippen LogP contribution in [-0.2, 0) is 4.79 Å². The zero-order chi connectivity index (χ0) is 8.20. The van der Waals surface area contributed by atoms with Gasteiger partial charge in [0.25, 0.3) is 0 Å². The van der Waals surface area contributed by atoms with E-state index in [0.29, 0.717) is 6.33 Å². The molecule has 0 aliphatic carbocycles. The molecule has 0 N–H and O–H groups in total. The summed E-state index contributed by atoms with van der Waals surface area (Å²) in [7, 11) is 0. The van der Waals surface area contributed by atoms with E-state index in [1.54, 1.807) is 13.8 Å². The smallest absolute Gasteiger partial charge is 0.157 e. The summed E-state index contributed by atoms with van der Waals surface area (Å²) in [5, 5.41) is 0. The molecule has 0 spiro atoms. The molecule has 0 aromatic rings. The molecule has 58 valence electrons. The van der Waals surface area contributed by atoms with Crippen LogP contribution in [0.25, 0.3) is 0 Å². The molecule has 0 radical (unpaired) electrons. The fraction of sp³-hybridized carbons (Fsp3) is 0.571. The van der Waals surface area contributed by atoms with E-state index in [1.165, 1.54) is 6.08 Å². The highest BCUT2D eigenvalue weighted by atomic mass is 35.5. The lowest BCUT2D eigenvalue weighted by molar-refractivity contribution is -0.122. The first-order valence-corrected chi connectivity index (χ1v) is 3.45. The number of Topliss-reactive ketones (excluding diaryl/α,β-unsaturated/α-hetero) is 1. The van der Waals surface area contributed by atoms with Gasteiger partial charge < -0.3 is 0 Å². The van der Waals surface area contributed by atoms with Gasteiger partial charge in [0, 0.05) is 5.41 Å². The van der Waals surface area contributed by atoms with Crippen LogP contribution >= 0.6 is 11.6 Å². The van der Waals surface area contributed by atoms with Gasteiger partial charge in [0.1, 0.15) is 0 Å². The predicted octanol–water partition coefficient (Wildman–Crippen LogP) is 2.30. The van der Waals surface area contributed by atoms with Gasteiger partial charge in [-0.3, -0.25) is 4.79 Å². The molecule has 0 aliphatic heterocycles. The first-order valence-electron chi connectivity index (χ1n) is 2.92. The van der Waals surface area contributed by atoms with Crippen molar-refractivity contribution >= 4 is 17.4 Å². The Hall–Kier alpha value is -0.370. The van der Waals surface area contributed by atoms with E-state index in [1.807, 2.05) is 0 Å². The maximum Gasteiger partial charge on any atom is 0.157 e. The summed E-state index contributed by atoms with van der Waals surface area (Å²) in [4.78, 5) is 10.9. The minimum Gasteiger partial charge on any atom is -0.297 e. The van der Waals surface area contributed by atoms with Gasteiger partial charge in [-0.25, -0.2) is 4.39 Å². The lowest BCUT2D eigenvalue weighted by Crippen LogP contribution is -2.22. The first kappa shape index (κ1) is 9.63. The molecule has 3 heteroatoms. The van der Waals surface area contributed by atoms with E-state index in [-0.39, 0.29) is 11.7 Å². The molecule has 1 nitrogen and oxygen atoms in total. The number of hydrogen-bond donors (Lipinski definition) is 0. The maximum absolute atomic E-state index is 11.6. The average molecular weight is 165 g/mol. The molecule has 0 aromatic carbocycles. The Bertz CT molecular complexity index is 152. The van der Waals surface area contributed by atoms with Gasteiger partial charge in [0.05, 0.1) is 12.2 Å². The number of halogens is 2. The van der Waals surface area contributed by atoms with Crippen molar-refractivity contribution in [1.29, 1.82) is 0 Å². The van der Waals surface area contributed by atoms with Crippen molar-refractivity contribution in [2.75, 3.05) is 5.88 Å². The summed E-state index contributed by atoms with van der Waals surface area (Å²) in [5.74, 6) is -0.250. The summed E-state index contributed by atoms with van der Waals surface area (Å²) in [6, 6.07) is 0. The third-order valence-corrected chi connectivity index (χ3v) is 1.56. The number of carbonyl (C=O) groups excluding carboxylic acids is 1. The summed E-state index contributed by atoms with van der Waals surface area (Å²) < 4.78 is 11.6. The van der Waals surface area contributed by atoms with Crippen LogP contribution in [-0.4, -0.2) is 11.7 Å². The number of alkyl halides is 1. The zero-order valence-electron chi connectivity index (χ0n) is 6.03. The highest BCUT2D eigenvalue weighted by molar-refractivity contribution is 6.28. The molecule has 0 rings (SSSR count). The molecule has 0 heterocycles. The summed E-state index contributed by atoms with van der Waals surface area (Å²) >= 11 is 5.27. The quantitative estimate of drug-likeness (QED) is 0.585. The number of carbonyl (C=O) groups is 1. The highest BCUT2D eigenvalue weighted by Gasteiger charge is 2.22. The van der Waals surface area contributed by atoms with E-state index in [9.17, 15) is 9.18 Å². The van der Waals surface area contributed by atoms with Crippen molar-refractivity contribution in [2.45, 2.75) is 13.8 Å². The van der Waals surface area contributed by atoms with Crippen molar-refractivity contribution in [3.63, 3.8) is 0 Å². The first-order chi connectivity index (χ1) is 4.54. The van der Waals surface area contributed by atoms with Crippen molar-refractivity contribution in [3.8, 4) is 0 Å². The molecule has 0 unspecified atom stereocenters. The Kier molecular flexibility index (Phi) is 3.58. The SMILES string of the molecule is CC(C)(C=CF)C(=O)CCl. The van der Waals surface area contributed by atoms with Gasteiger partial charge in [0.15, 0.2) is 5.78 Å². The molecule has 0 saturated carbocycles. The minimum absolute atomic E-state index is 0.0721. The van der Waals surface area contributed by atoms with Gasteiger partial charge in [-0.1, -0.05) is 0 Å². The largest absolute Gasteiger partial charge is 0.297 e. The van der Waals surface area contributed by atoms with Crippen LogP contribution in [0.2, 0.25) is 0 Å². The maximum atomic E-state index is 11.6. The lowest BCUT2D eigenvalue weighted by atomic mass is 9.89. The molecule has 0 amide bonds. The normalized spacial score (nSPS) is 12.4. The number of hydrogen-bond acceptors (Lipinski definition) is 1. The Morgan fingerprint density at radius 2 is 2.20 bits per heavy atom. The van der Waals surface area contributed by atoms with Crippen molar-refractivity contribution in [3.05, 3.63) is 12.4 Å². The van der Waals surface area contributed by atoms with E-state index in [2.05, 4.69) is 0 Å². The van der Waals surface area contributed by atoms with Crippen LogP contribution in [0.1, 0.15) is 13.8 Å². The van der Waals surface area contributed by atoms with Crippen molar-refractivity contribution < 1.29 is 9.18 Å². The Labute approximate surface area is 64.9 Å². The van der Waals surface area contributed by atoms with Crippen molar-refractivity contribution in [2.24, 2.45) is 5.41 Å². The fourth-order valence-electron chi connectivity index (χ4n) is 0.423. The van der Waals surface area contributed by atoms with Crippen LogP contribution < -0.4 is 0 Å². The molecule has 0 saturated heterocycles. The topological polar surface area (TPSA) is 17.1 Å². The minimum atomic E-state index is -0.767. The molecular formula is C7H10ClFO. The summed E-state index contributed by atoms with van der Waals surface area (Å²) in [6.07, 6.45) is 1.56. The van der Waals surface area contributed by atoms with Gasteiger partial charge in [0.2, 0.25) is 0 Å². The van der Waals surface area contributed by atoms with Crippen LogP contribution in [0.5, 0.6) is 0 Å². The van der Waals surface area contributed by atoms with E-state index in [4.69, 9.17) is 11.6 Å². The standard InChI is InChI=1S/C7H10ClFO/c1-7(2,3-4-9)6(10)5-8/h3-4H,5H2,1-2H3. The molecule has 0 bridgehead atoms. The third-order valence-electron chi connectivity index (χ3n) is 1.32. The van der Waals surface area contributed by atoms with E-state index < -0.39 is 5.41 Å². The predicted molar refractivity (Wildman–Crippen MR) is 39.8 cm³/mol. The molecule has 0 aliphatic rings. The van der Waals surface area contributed by atoms with Crippen molar-refractivity contribution in [1.82, 2.24) is 0 Å². The second kappa shape index (κ2) is 3.71. The van der Waals surface area contributed by atoms with E-state index >= 15 is 0 Å². The van der Waals surface area contributed by atoms with Crippen LogP contribution in [0.4, 0.5) is 4.39 Å². The molecule has 0 fully saturated rings. The molecular weight excluding hydrogens is 155 g/mol. The van der Waals surface area contributed by atoms with Gasteiger partial charge >= 0.3 is 0 Å². The Morgan fingerprint density at radius 1 is 1.70 bits per heavy atom. The second-order valence-electron chi connectivity index (χ2n) is 2.57. The van der Waals surface area contributed by atoms with Crippen LogP contribution in [0.15, 0.2) is 12.4 Å².